The Bertz CT molecular complexity index is 3650. The van der Waals surface area contributed by atoms with Crippen LogP contribution in [0.25, 0.3) is 83.1 Å². The van der Waals surface area contributed by atoms with Gasteiger partial charge in [0.15, 0.2) is 0 Å². The van der Waals surface area contributed by atoms with Gasteiger partial charge in [-0.15, -0.1) is 0 Å². The molecule has 1 aromatic heterocycles. The van der Waals surface area contributed by atoms with E-state index < -0.39 is 0 Å². The van der Waals surface area contributed by atoms with Crippen molar-refractivity contribution >= 4 is 38.9 Å². The summed E-state index contributed by atoms with van der Waals surface area (Å²) in [7, 11) is 0. The van der Waals surface area contributed by atoms with Gasteiger partial charge in [-0.05, 0) is 135 Å². The molecule has 1 spiro atoms. The highest BCUT2D eigenvalue weighted by molar-refractivity contribution is 6.10. The molecule has 0 radical (unpaired) electrons. The molecule has 2 nitrogen and oxygen atoms in total. The summed E-state index contributed by atoms with van der Waals surface area (Å²) in [6.07, 6.45) is 6.19. The minimum Gasteiger partial charge on any atom is -0.310 e. The zero-order valence-electron chi connectivity index (χ0n) is 38.0. The maximum atomic E-state index is 2.55. The van der Waals surface area contributed by atoms with Crippen LogP contribution in [0.3, 0.4) is 0 Å². The van der Waals surface area contributed by atoms with E-state index in [2.05, 4.69) is 252 Å². The minimum atomic E-state index is 0.0330. The number of rotatable bonds is 8. The lowest BCUT2D eigenvalue weighted by Crippen LogP contribution is -2.28. The standard InChI is InChI=1S/C66H50N2/c1-4-20-47(21-5-1)52-24-8-9-25-53(52)54-26-10-11-27-55(54)58-29-13-16-32-63(58)67(51-39-40-57-56-28-12-15-31-61(56)66(62(57)45-51)42-18-3-19-43-66)50-37-34-46(35-38-50)48-36-41-65-60(44-48)59-30-14-17-33-64(59)68(65)49-22-6-2-7-23-49/h1-2,4-17,20-41,44-45H,3,18-19,42-43H2. The van der Waals surface area contributed by atoms with Crippen LogP contribution in [0.1, 0.15) is 43.2 Å². The fourth-order valence-electron chi connectivity index (χ4n) is 12.0. The molecule has 0 aliphatic heterocycles. The number of hydrogen-bond acceptors (Lipinski definition) is 1. The van der Waals surface area contributed by atoms with Crippen molar-refractivity contribution in [3.8, 4) is 61.3 Å². The van der Waals surface area contributed by atoms with Crippen LogP contribution in [0.4, 0.5) is 17.1 Å². The second-order valence-corrected chi connectivity index (χ2v) is 18.7. The molecular formula is C66H50N2. The molecule has 0 N–H and O–H groups in total. The summed E-state index contributed by atoms with van der Waals surface area (Å²) in [5.41, 5.74) is 22.5. The SMILES string of the molecule is c1ccc(-c2ccccc2-c2ccccc2-c2ccccc2N(c2ccc(-c3ccc4c(c3)c3ccccc3n4-c3ccccc3)cc2)c2ccc3c(c2)C2(CCCCC2)c2ccccc2-3)cc1. The topological polar surface area (TPSA) is 8.17 Å². The zero-order chi connectivity index (χ0) is 45.0. The van der Waals surface area contributed by atoms with Gasteiger partial charge in [0.2, 0.25) is 0 Å². The molecule has 2 heteroatoms. The van der Waals surface area contributed by atoms with Crippen LogP contribution in [0.2, 0.25) is 0 Å². The van der Waals surface area contributed by atoms with Gasteiger partial charge < -0.3 is 9.47 Å². The van der Waals surface area contributed by atoms with Crippen LogP contribution in [0.15, 0.2) is 243 Å². The molecule has 324 valence electrons. The number of benzene rings is 10. The first-order valence-corrected chi connectivity index (χ1v) is 24.3. The van der Waals surface area contributed by atoms with Crippen molar-refractivity contribution in [2.24, 2.45) is 0 Å². The van der Waals surface area contributed by atoms with Crippen LogP contribution in [0.5, 0.6) is 0 Å². The number of aromatic nitrogens is 1. The summed E-state index contributed by atoms with van der Waals surface area (Å²) < 4.78 is 2.39. The van der Waals surface area contributed by atoms with E-state index in [0.29, 0.717) is 0 Å². The van der Waals surface area contributed by atoms with E-state index in [1.54, 1.807) is 0 Å². The normalized spacial score (nSPS) is 13.7. The fraction of sp³-hybridized carbons (Fsp3) is 0.0909. The van der Waals surface area contributed by atoms with Gasteiger partial charge >= 0.3 is 0 Å². The predicted molar refractivity (Wildman–Crippen MR) is 287 cm³/mol. The van der Waals surface area contributed by atoms with Crippen LogP contribution >= 0.6 is 0 Å². The van der Waals surface area contributed by atoms with E-state index >= 15 is 0 Å². The van der Waals surface area contributed by atoms with Crippen LogP contribution in [0, 0.1) is 0 Å². The molecular weight excluding hydrogens is 821 g/mol. The number of anilines is 3. The highest BCUT2D eigenvalue weighted by Gasteiger charge is 2.44. The second kappa shape index (κ2) is 16.6. The summed E-state index contributed by atoms with van der Waals surface area (Å²) in [6, 6.07) is 89.9. The van der Waals surface area contributed by atoms with Gasteiger partial charge in [-0.25, -0.2) is 0 Å². The lowest BCUT2D eigenvalue weighted by molar-refractivity contribution is 0.353. The summed E-state index contributed by atoms with van der Waals surface area (Å²) in [5.74, 6) is 0. The van der Waals surface area contributed by atoms with Crippen molar-refractivity contribution in [1.82, 2.24) is 4.57 Å². The smallest absolute Gasteiger partial charge is 0.0541 e. The molecule has 2 aliphatic carbocycles. The number of nitrogens with zero attached hydrogens (tertiary/aromatic N) is 2. The van der Waals surface area contributed by atoms with E-state index in [4.69, 9.17) is 0 Å². The third-order valence-electron chi connectivity index (χ3n) is 15.0. The van der Waals surface area contributed by atoms with Crippen LogP contribution in [-0.2, 0) is 5.41 Å². The Kier molecular flexibility index (Phi) is 9.79. The molecule has 0 saturated heterocycles. The Balaban J connectivity index is 0.977. The molecule has 1 heterocycles. The Hall–Kier alpha value is -8.20. The zero-order valence-corrected chi connectivity index (χ0v) is 38.0. The maximum Gasteiger partial charge on any atom is 0.0541 e. The fourth-order valence-corrected chi connectivity index (χ4v) is 12.0. The number of para-hydroxylation sites is 3. The average molecular weight is 871 g/mol. The van der Waals surface area contributed by atoms with Crippen molar-refractivity contribution in [2.75, 3.05) is 4.90 Å². The van der Waals surface area contributed by atoms with Crippen LogP contribution < -0.4 is 4.90 Å². The summed E-state index contributed by atoms with van der Waals surface area (Å²) >= 11 is 0. The highest BCUT2D eigenvalue weighted by Crippen LogP contribution is 2.57. The molecule has 1 saturated carbocycles. The third-order valence-corrected chi connectivity index (χ3v) is 15.0. The molecule has 2 aliphatic rings. The third kappa shape index (κ3) is 6.54. The number of fused-ring (bicyclic) bond motifs is 8. The quantitative estimate of drug-likeness (QED) is 0.148. The Morgan fingerprint density at radius 2 is 0.868 bits per heavy atom. The van der Waals surface area contributed by atoms with Gasteiger partial charge in [-0.3, -0.25) is 0 Å². The van der Waals surface area contributed by atoms with Gasteiger partial charge in [-0.1, -0.05) is 201 Å². The molecule has 11 aromatic rings. The molecule has 13 rings (SSSR count). The first kappa shape index (κ1) is 40.1. The van der Waals surface area contributed by atoms with Gasteiger partial charge in [0, 0.05) is 38.8 Å². The van der Waals surface area contributed by atoms with Gasteiger partial charge in [-0.2, -0.15) is 0 Å². The largest absolute Gasteiger partial charge is 0.310 e. The van der Waals surface area contributed by atoms with Crippen molar-refractivity contribution in [1.29, 1.82) is 0 Å². The van der Waals surface area contributed by atoms with E-state index in [9.17, 15) is 0 Å². The van der Waals surface area contributed by atoms with E-state index in [0.717, 1.165) is 11.4 Å². The summed E-state index contributed by atoms with van der Waals surface area (Å²) in [4.78, 5) is 2.52. The molecule has 0 unspecified atom stereocenters. The molecule has 0 atom stereocenters. The van der Waals surface area contributed by atoms with Crippen molar-refractivity contribution in [3.05, 3.63) is 254 Å². The molecule has 1 fully saturated rings. The van der Waals surface area contributed by atoms with Crippen molar-refractivity contribution < 1.29 is 0 Å². The van der Waals surface area contributed by atoms with Crippen molar-refractivity contribution in [2.45, 2.75) is 37.5 Å². The average Bonchev–Trinajstić information content (AvgIpc) is 3.88. The Morgan fingerprint density at radius 3 is 1.63 bits per heavy atom. The lowest BCUT2D eigenvalue weighted by atomic mass is 9.68. The highest BCUT2D eigenvalue weighted by atomic mass is 15.1. The van der Waals surface area contributed by atoms with E-state index in [-0.39, 0.29) is 5.41 Å². The predicted octanol–water partition coefficient (Wildman–Crippen LogP) is 18.2. The van der Waals surface area contributed by atoms with E-state index in [1.165, 1.54) is 132 Å². The first-order valence-electron chi connectivity index (χ1n) is 24.3. The minimum absolute atomic E-state index is 0.0330. The molecule has 68 heavy (non-hydrogen) atoms. The molecule has 10 aromatic carbocycles. The lowest BCUT2D eigenvalue weighted by Gasteiger charge is -2.37. The number of hydrogen-bond donors (Lipinski definition) is 0. The Labute approximate surface area is 399 Å². The molecule has 0 bridgehead atoms. The van der Waals surface area contributed by atoms with Crippen molar-refractivity contribution in [3.63, 3.8) is 0 Å². The summed E-state index contributed by atoms with van der Waals surface area (Å²) in [5, 5.41) is 2.51. The van der Waals surface area contributed by atoms with E-state index in [1.807, 2.05) is 0 Å². The molecule has 0 amide bonds. The van der Waals surface area contributed by atoms with Crippen LogP contribution in [-0.4, -0.2) is 4.57 Å². The first-order chi connectivity index (χ1) is 33.7. The maximum absolute atomic E-state index is 2.55. The monoisotopic (exact) mass is 870 g/mol. The Morgan fingerprint density at radius 1 is 0.324 bits per heavy atom. The second-order valence-electron chi connectivity index (χ2n) is 18.7. The summed E-state index contributed by atoms with van der Waals surface area (Å²) in [6.45, 7) is 0. The van der Waals surface area contributed by atoms with Gasteiger partial charge in [0.1, 0.15) is 0 Å². The van der Waals surface area contributed by atoms with Gasteiger partial charge in [0.05, 0.1) is 16.7 Å². The van der Waals surface area contributed by atoms with Gasteiger partial charge in [0.25, 0.3) is 0 Å².